The third-order valence-electron chi connectivity index (χ3n) is 4.23. The van der Waals surface area contributed by atoms with Crippen molar-refractivity contribution in [3.63, 3.8) is 0 Å². The maximum Gasteiger partial charge on any atom is 0.269 e. The van der Waals surface area contributed by atoms with E-state index in [4.69, 9.17) is 17.0 Å². The molecule has 1 heterocycles. The van der Waals surface area contributed by atoms with Crippen LogP contribution in [-0.4, -0.2) is 27.2 Å². The molecule has 0 aliphatic rings. The van der Waals surface area contributed by atoms with Gasteiger partial charge in [-0.2, -0.15) is 0 Å². The maximum absolute atomic E-state index is 12.4. The molecule has 0 saturated carbocycles. The van der Waals surface area contributed by atoms with E-state index in [2.05, 4.69) is 32.6 Å². The van der Waals surface area contributed by atoms with Gasteiger partial charge in [0.15, 0.2) is 5.11 Å². The summed E-state index contributed by atoms with van der Waals surface area (Å²) >= 11 is 5.22. The average molecular weight is 398 g/mol. The van der Waals surface area contributed by atoms with Crippen molar-refractivity contribution in [1.29, 1.82) is 0 Å². The minimum Gasteiger partial charge on any atom is -0.494 e. The van der Waals surface area contributed by atoms with Gasteiger partial charge < -0.3 is 14.6 Å². The molecule has 0 aliphatic heterocycles. The first-order chi connectivity index (χ1) is 13.5. The highest BCUT2D eigenvalue weighted by molar-refractivity contribution is 7.80. The van der Waals surface area contributed by atoms with E-state index in [-0.39, 0.29) is 11.0 Å². The van der Waals surface area contributed by atoms with Gasteiger partial charge in [-0.1, -0.05) is 0 Å². The highest BCUT2D eigenvalue weighted by atomic mass is 32.1. The number of carbonyl (C=O) groups excluding carboxylic acids is 1. The monoisotopic (exact) mass is 397 g/mol. The van der Waals surface area contributed by atoms with Gasteiger partial charge in [0.2, 0.25) is 0 Å². The highest BCUT2D eigenvalue weighted by Crippen LogP contribution is 2.18. The van der Waals surface area contributed by atoms with E-state index in [1.54, 1.807) is 12.1 Å². The van der Waals surface area contributed by atoms with Crippen LogP contribution in [0.5, 0.6) is 5.75 Å². The van der Waals surface area contributed by atoms with Crippen molar-refractivity contribution >= 4 is 40.0 Å². The van der Waals surface area contributed by atoms with Crippen molar-refractivity contribution in [2.24, 2.45) is 0 Å². The van der Waals surface area contributed by atoms with Crippen LogP contribution in [-0.2, 0) is 6.54 Å². The van der Waals surface area contributed by atoms with Crippen molar-refractivity contribution in [2.75, 3.05) is 11.9 Å². The molecule has 0 radical (unpaired) electrons. The number of anilines is 1. The fraction of sp³-hybridized carbons (Fsp3) is 0.250. The van der Waals surface area contributed by atoms with Gasteiger partial charge in [-0.3, -0.25) is 15.6 Å². The van der Waals surface area contributed by atoms with Crippen LogP contribution < -0.4 is 20.9 Å². The van der Waals surface area contributed by atoms with Crippen LogP contribution in [0.4, 0.5) is 5.69 Å². The topological polar surface area (TPSA) is 80.2 Å². The molecule has 3 rings (SSSR count). The van der Waals surface area contributed by atoms with Gasteiger partial charge in [-0.25, -0.2) is 4.98 Å². The lowest BCUT2D eigenvalue weighted by atomic mass is 10.2. The van der Waals surface area contributed by atoms with Crippen LogP contribution in [0.2, 0.25) is 0 Å². The standard InChI is InChI=1S/C20H23N5O2S/c1-4-25-13(3)21-17-12-14(6-11-18(17)25)19(26)23-24-20(28)22-15-7-9-16(10-8-15)27-5-2/h6-12H,4-5H2,1-3H3,(H,23,26)(H2,22,24,28). The van der Waals surface area contributed by atoms with E-state index in [1.165, 1.54) is 0 Å². The lowest BCUT2D eigenvalue weighted by molar-refractivity contribution is 0.0944. The molecule has 0 fully saturated rings. The van der Waals surface area contributed by atoms with Crippen LogP contribution in [0.3, 0.4) is 0 Å². The molecule has 2 aromatic carbocycles. The largest absolute Gasteiger partial charge is 0.494 e. The zero-order valence-corrected chi connectivity index (χ0v) is 16.9. The quantitative estimate of drug-likeness (QED) is 0.452. The summed E-state index contributed by atoms with van der Waals surface area (Å²) in [5.41, 5.74) is 8.41. The van der Waals surface area contributed by atoms with Crippen molar-refractivity contribution in [2.45, 2.75) is 27.3 Å². The summed E-state index contributed by atoms with van der Waals surface area (Å²) in [5.74, 6) is 1.42. The van der Waals surface area contributed by atoms with Gasteiger partial charge in [0.25, 0.3) is 5.91 Å². The molecule has 0 unspecified atom stereocenters. The summed E-state index contributed by atoms with van der Waals surface area (Å²) in [6.45, 7) is 7.40. The SMILES string of the molecule is CCOc1ccc(NC(=S)NNC(=O)c2ccc3c(c2)nc(C)n3CC)cc1. The number of fused-ring (bicyclic) bond motifs is 1. The molecule has 0 aliphatic carbocycles. The molecular formula is C20H23N5O2S. The zero-order valence-electron chi connectivity index (χ0n) is 16.1. The number of carbonyl (C=O) groups is 1. The number of thiocarbonyl (C=S) groups is 1. The second-order valence-corrected chi connectivity index (χ2v) is 6.51. The van der Waals surface area contributed by atoms with Gasteiger partial charge >= 0.3 is 0 Å². The number of nitrogens with zero attached hydrogens (tertiary/aromatic N) is 2. The molecule has 7 nitrogen and oxygen atoms in total. The van der Waals surface area contributed by atoms with E-state index < -0.39 is 0 Å². The van der Waals surface area contributed by atoms with Crippen molar-refractivity contribution in [3.05, 3.63) is 53.9 Å². The Bertz CT molecular complexity index is 998. The van der Waals surface area contributed by atoms with Gasteiger partial charge in [0.05, 0.1) is 17.6 Å². The van der Waals surface area contributed by atoms with Gasteiger partial charge in [-0.05, 0) is 75.5 Å². The summed E-state index contributed by atoms with van der Waals surface area (Å²) in [6, 6.07) is 12.8. The molecule has 28 heavy (non-hydrogen) atoms. The van der Waals surface area contributed by atoms with Gasteiger partial charge in [0, 0.05) is 17.8 Å². The van der Waals surface area contributed by atoms with Crippen LogP contribution in [0, 0.1) is 6.92 Å². The molecule has 8 heteroatoms. The normalized spacial score (nSPS) is 10.5. The van der Waals surface area contributed by atoms with Crippen molar-refractivity contribution in [1.82, 2.24) is 20.4 Å². The first-order valence-electron chi connectivity index (χ1n) is 9.09. The Morgan fingerprint density at radius 3 is 2.57 bits per heavy atom. The van der Waals surface area contributed by atoms with E-state index in [0.29, 0.717) is 12.2 Å². The van der Waals surface area contributed by atoms with E-state index in [0.717, 1.165) is 34.8 Å². The zero-order chi connectivity index (χ0) is 20.1. The number of hydrogen-bond acceptors (Lipinski definition) is 4. The third kappa shape index (κ3) is 4.40. The number of hydrogen-bond donors (Lipinski definition) is 3. The molecule has 3 N–H and O–H groups in total. The number of imidazole rings is 1. The number of benzene rings is 2. The number of ether oxygens (including phenoxy) is 1. The third-order valence-corrected chi connectivity index (χ3v) is 4.43. The summed E-state index contributed by atoms with van der Waals surface area (Å²) in [5, 5.41) is 3.28. The lowest BCUT2D eigenvalue weighted by Gasteiger charge is -2.12. The summed E-state index contributed by atoms with van der Waals surface area (Å²) in [7, 11) is 0. The smallest absolute Gasteiger partial charge is 0.269 e. The van der Waals surface area contributed by atoms with Crippen LogP contribution in [0.1, 0.15) is 30.0 Å². The number of hydrazine groups is 1. The summed E-state index contributed by atoms with van der Waals surface area (Å²) < 4.78 is 7.50. The minimum absolute atomic E-state index is 0.282. The van der Waals surface area contributed by atoms with E-state index in [9.17, 15) is 4.79 Å². The summed E-state index contributed by atoms with van der Waals surface area (Å²) in [4.78, 5) is 16.9. The molecule has 0 bridgehead atoms. The average Bonchev–Trinajstić information content (AvgIpc) is 3.01. The van der Waals surface area contributed by atoms with Crippen LogP contribution >= 0.6 is 12.2 Å². The maximum atomic E-state index is 12.4. The van der Waals surface area contributed by atoms with Gasteiger partial charge in [0.1, 0.15) is 11.6 Å². The van der Waals surface area contributed by atoms with Crippen molar-refractivity contribution < 1.29 is 9.53 Å². The number of nitrogens with one attached hydrogen (secondary N) is 3. The molecule has 0 saturated heterocycles. The van der Waals surface area contributed by atoms with Gasteiger partial charge in [-0.15, -0.1) is 0 Å². The molecule has 0 spiro atoms. The highest BCUT2D eigenvalue weighted by Gasteiger charge is 2.11. The predicted octanol–water partition coefficient (Wildman–Crippen LogP) is 3.39. The second-order valence-electron chi connectivity index (χ2n) is 6.10. The van der Waals surface area contributed by atoms with Crippen LogP contribution in [0.15, 0.2) is 42.5 Å². The Labute approximate surface area is 169 Å². The second kappa shape index (κ2) is 8.71. The van der Waals surface area contributed by atoms with Crippen molar-refractivity contribution in [3.8, 4) is 5.75 Å². The minimum atomic E-state index is -0.290. The lowest BCUT2D eigenvalue weighted by Crippen LogP contribution is -2.43. The molecule has 1 amide bonds. The van der Waals surface area contributed by atoms with E-state index >= 15 is 0 Å². The number of aromatic nitrogens is 2. The molecule has 0 atom stereocenters. The fourth-order valence-corrected chi connectivity index (χ4v) is 3.11. The Morgan fingerprint density at radius 1 is 1.14 bits per heavy atom. The Kier molecular flexibility index (Phi) is 6.10. The molecule has 3 aromatic rings. The Balaban J connectivity index is 1.58. The number of amides is 1. The van der Waals surface area contributed by atoms with Crippen LogP contribution in [0.25, 0.3) is 11.0 Å². The molecule has 1 aromatic heterocycles. The Hall–Kier alpha value is -3.13. The van der Waals surface area contributed by atoms with E-state index in [1.807, 2.05) is 44.2 Å². The number of rotatable bonds is 5. The predicted molar refractivity (Wildman–Crippen MR) is 115 cm³/mol. The summed E-state index contributed by atoms with van der Waals surface area (Å²) in [6.07, 6.45) is 0. The fourth-order valence-electron chi connectivity index (χ4n) is 2.94. The number of aryl methyl sites for hydroxylation is 2. The Morgan fingerprint density at radius 2 is 1.89 bits per heavy atom. The first kappa shape index (κ1) is 19.6. The first-order valence-corrected chi connectivity index (χ1v) is 9.49. The molecular weight excluding hydrogens is 374 g/mol. The molecule has 146 valence electrons.